The smallest absolute Gasteiger partial charge is 0.340 e. The van der Waals surface area contributed by atoms with Gasteiger partial charge in [0.15, 0.2) is 0 Å². The monoisotopic (exact) mass is 370 g/mol. The molecule has 0 unspecified atom stereocenters. The molecule has 0 fully saturated rings. The molecule has 9 heteroatoms. The van der Waals surface area contributed by atoms with E-state index in [1.807, 2.05) is 0 Å². The number of nitrogens with one attached hydrogen (secondary N) is 2. The fourth-order valence-electron chi connectivity index (χ4n) is 2.26. The molecule has 0 saturated carbocycles. The van der Waals surface area contributed by atoms with Gasteiger partial charge >= 0.3 is 18.0 Å². The van der Waals surface area contributed by atoms with E-state index in [0.29, 0.717) is 0 Å². The van der Waals surface area contributed by atoms with Crippen molar-refractivity contribution in [2.24, 2.45) is 0 Å². The third-order valence-electron chi connectivity index (χ3n) is 3.36. The van der Waals surface area contributed by atoms with Crippen molar-refractivity contribution in [3.8, 4) is 0 Å². The Balaban J connectivity index is 2.19. The van der Waals surface area contributed by atoms with Gasteiger partial charge in [-0.3, -0.25) is 0 Å². The Morgan fingerprint density at radius 2 is 2.00 bits per heavy atom. The van der Waals surface area contributed by atoms with Crippen molar-refractivity contribution >= 4 is 29.6 Å². The molecule has 0 saturated heterocycles. The van der Waals surface area contributed by atoms with Crippen molar-refractivity contribution in [3.05, 3.63) is 45.9 Å². The Morgan fingerprint density at radius 3 is 2.64 bits per heavy atom. The van der Waals surface area contributed by atoms with Crippen molar-refractivity contribution in [2.75, 3.05) is 13.2 Å². The van der Waals surface area contributed by atoms with Crippen LogP contribution in [0.3, 0.4) is 0 Å². The highest BCUT2D eigenvalue weighted by Crippen LogP contribution is 2.19. The number of carbonyl (C=O) groups excluding carboxylic acids is 3. The maximum absolute atomic E-state index is 13.0. The van der Waals surface area contributed by atoms with Crippen LogP contribution in [0, 0.1) is 5.82 Å². The lowest BCUT2D eigenvalue weighted by Crippen LogP contribution is -2.50. The molecule has 1 aliphatic rings. The first kappa shape index (κ1) is 18.7. The summed E-state index contributed by atoms with van der Waals surface area (Å²) >= 11 is 5.81. The van der Waals surface area contributed by atoms with E-state index >= 15 is 0 Å². The molecule has 1 aromatic carbocycles. The van der Waals surface area contributed by atoms with E-state index in [0.717, 1.165) is 12.1 Å². The Labute approximate surface area is 148 Å². The molecule has 0 bridgehead atoms. The number of esters is 2. The minimum Gasteiger partial charge on any atom is -0.463 e. The molecule has 0 spiro atoms. The number of ether oxygens (including phenoxy) is 2. The molecule has 7 nitrogen and oxygen atoms in total. The SMILES string of the molecule is CCOC(=O)C1=C(COC(=O)c2ccc(F)cc2Cl)NC(=O)N[C@H]1C. The lowest BCUT2D eigenvalue weighted by molar-refractivity contribution is -0.139. The standard InChI is InChI=1S/C16H16ClFN2O5/c1-3-24-15(22)13-8(2)19-16(23)20-12(13)7-25-14(21)10-5-4-9(18)6-11(10)17/h4-6,8H,3,7H2,1-2H3,(H2,19,20,23)/t8-/m0/s1. The van der Waals surface area contributed by atoms with Gasteiger partial charge in [-0.1, -0.05) is 11.6 Å². The van der Waals surface area contributed by atoms with Gasteiger partial charge in [-0.05, 0) is 32.0 Å². The third kappa shape index (κ3) is 4.48. The molecule has 2 N–H and O–H groups in total. The number of amides is 2. The molecule has 25 heavy (non-hydrogen) atoms. The molecule has 1 aliphatic heterocycles. The van der Waals surface area contributed by atoms with E-state index < -0.39 is 29.8 Å². The predicted molar refractivity (Wildman–Crippen MR) is 86.5 cm³/mol. The fraction of sp³-hybridized carbons (Fsp3) is 0.312. The number of halogens is 2. The molecule has 1 heterocycles. The lowest BCUT2D eigenvalue weighted by atomic mass is 10.0. The van der Waals surface area contributed by atoms with Crippen molar-refractivity contribution in [1.82, 2.24) is 10.6 Å². The number of hydrogen-bond acceptors (Lipinski definition) is 5. The Morgan fingerprint density at radius 1 is 1.28 bits per heavy atom. The van der Waals surface area contributed by atoms with Gasteiger partial charge in [-0.15, -0.1) is 0 Å². The quantitative estimate of drug-likeness (QED) is 0.775. The normalized spacial score (nSPS) is 16.8. The summed E-state index contributed by atoms with van der Waals surface area (Å²) in [6.07, 6.45) is 0. The van der Waals surface area contributed by atoms with Gasteiger partial charge in [0.2, 0.25) is 0 Å². The molecule has 134 valence electrons. The summed E-state index contributed by atoms with van der Waals surface area (Å²) < 4.78 is 23.1. The van der Waals surface area contributed by atoms with Gasteiger partial charge in [-0.25, -0.2) is 18.8 Å². The minimum absolute atomic E-state index is 0.0327. The van der Waals surface area contributed by atoms with Crippen LogP contribution < -0.4 is 10.6 Å². The highest BCUT2D eigenvalue weighted by atomic mass is 35.5. The molecule has 2 amide bonds. The second kappa shape index (κ2) is 7.98. The topological polar surface area (TPSA) is 93.7 Å². The zero-order valence-electron chi connectivity index (χ0n) is 13.5. The first-order chi connectivity index (χ1) is 11.8. The second-order valence-electron chi connectivity index (χ2n) is 5.13. The summed E-state index contributed by atoms with van der Waals surface area (Å²) in [4.78, 5) is 35.8. The molecule has 0 aliphatic carbocycles. The summed E-state index contributed by atoms with van der Waals surface area (Å²) in [6, 6.07) is 2.09. The summed E-state index contributed by atoms with van der Waals surface area (Å²) in [5.41, 5.74) is 0.232. The van der Waals surface area contributed by atoms with Gasteiger partial charge in [0.1, 0.15) is 12.4 Å². The molecular formula is C16H16ClFN2O5. The largest absolute Gasteiger partial charge is 0.463 e. The van der Waals surface area contributed by atoms with Crippen molar-refractivity contribution in [2.45, 2.75) is 19.9 Å². The van der Waals surface area contributed by atoms with Crippen LogP contribution in [0.4, 0.5) is 9.18 Å². The van der Waals surface area contributed by atoms with Crippen LogP contribution in [-0.4, -0.2) is 37.2 Å². The van der Waals surface area contributed by atoms with Crippen molar-refractivity contribution in [1.29, 1.82) is 0 Å². The van der Waals surface area contributed by atoms with Crippen LogP contribution in [0.2, 0.25) is 5.02 Å². The summed E-state index contributed by atoms with van der Waals surface area (Å²) in [5.74, 6) is -2.04. The highest BCUT2D eigenvalue weighted by molar-refractivity contribution is 6.33. The van der Waals surface area contributed by atoms with E-state index in [-0.39, 0.29) is 35.1 Å². The Kier molecular flexibility index (Phi) is 5.97. The van der Waals surface area contributed by atoms with Gasteiger partial charge in [-0.2, -0.15) is 0 Å². The van der Waals surface area contributed by atoms with E-state index in [2.05, 4.69) is 10.6 Å². The van der Waals surface area contributed by atoms with E-state index in [9.17, 15) is 18.8 Å². The van der Waals surface area contributed by atoms with Gasteiger partial charge in [0.05, 0.1) is 34.5 Å². The van der Waals surface area contributed by atoms with Crippen molar-refractivity contribution < 1.29 is 28.2 Å². The minimum atomic E-state index is -0.818. The average Bonchev–Trinajstić information content (AvgIpc) is 2.52. The van der Waals surface area contributed by atoms with E-state index in [1.165, 1.54) is 6.07 Å². The zero-order valence-corrected chi connectivity index (χ0v) is 14.3. The maximum atomic E-state index is 13.0. The molecule has 2 rings (SSSR count). The van der Waals surface area contributed by atoms with Gasteiger partial charge < -0.3 is 20.1 Å². The number of urea groups is 1. The van der Waals surface area contributed by atoms with Crippen LogP contribution >= 0.6 is 11.6 Å². The molecule has 1 atom stereocenters. The molecule has 0 radical (unpaired) electrons. The van der Waals surface area contributed by atoms with Crippen LogP contribution in [0.1, 0.15) is 24.2 Å². The summed E-state index contributed by atoms with van der Waals surface area (Å²) in [7, 11) is 0. The summed E-state index contributed by atoms with van der Waals surface area (Å²) in [5, 5.41) is 4.84. The fourth-order valence-corrected chi connectivity index (χ4v) is 2.51. The van der Waals surface area contributed by atoms with Crippen LogP contribution in [-0.2, 0) is 14.3 Å². The average molecular weight is 371 g/mol. The number of rotatable bonds is 5. The molecule has 0 aromatic heterocycles. The highest BCUT2D eigenvalue weighted by Gasteiger charge is 2.30. The predicted octanol–water partition coefficient (Wildman–Crippen LogP) is 2.15. The second-order valence-corrected chi connectivity index (χ2v) is 5.54. The number of carbonyl (C=O) groups is 3. The molecular weight excluding hydrogens is 355 g/mol. The van der Waals surface area contributed by atoms with Crippen LogP contribution in [0.15, 0.2) is 29.5 Å². The Bertz CT molecular complexity index is 750. The number of benzene rings is 1. The first-order valence-corrected chi connectivity index (χ1v) is 7.81. The van der Waals surface area contributed by atoms with Crippen LogP contribution in [0.5, 0.6) is 0 Å². The third-order valence-corrected chi connectivity index (χ3v) is 3.68. The molecule has 1 aromatic rings. The van der Waals surface area contributed by atoms with E-state index in [1.54, 1.807) is 13.8 Å². The van der Waals surface area contributed by atoms with Gasteiger partial charge in [0.25, 0.3) is 0 Å². The number of hydrogen-bond donors (Lipinski definition) is 2. The summed E-state index contributed by atoms with van der Waals surface area (Å²) in [6.45, 7) is 3.03. The van der Waals surface area contributed by atoms with Crippen molar-refractivity contribution in [3.63, 3.8) is 0 Å². The van der Waals surface area contributed by atoms with Gasteiger partial charge in [0, 0.05) is 0 Å². The first-order valence-electron chi connectivity index (χ1n) is 7.43. The maximum Gasteiger partial charge on any atom is 0.340 e. The lowest BCUT2D eigenvalue weighted by Gasteiger charge is -2.26. The zero-order chi connectivity index (χ0) is 18.6. The van der Waals surface area contributed by atoms with Crippen LogP contribution in [0.25, 0.3) is 0 Å². The Hall–Kier alpha value is -2.61. The van der Waals surface area contributed by atoms with E-state index in [4.69, 9.17) is 21.1 Å².